The fraction of sp³-hybridized carbons (Fsp3) is 0.316. The molecule has 0 amide bonds. The summed E-state index contributed by atoms with van der Waals surface area (Å²) < 4.78 is 16.2. The van der Waals surface area contributed by atoms with Crippen molar-refractivity contribution in [3.63, 3.8) is 0 Å². The molecule has 1 aliphatic heterocycles. The first-order valence-electron chi connectivity index (χ1n) is 8.06. The smallest absolute Gasteiger partial charge is 0.309 e. The van der Waals surface area contributed by atoms with E-state index in [1.807, 2.05) is 31.2 Å². The molecular weight excluding hydrogens is 342 g/mol. The highest BCUT2D eigenvalue weighted by Crippen LogP contribution is 2.32. The van der Waals surface area contributed by atoms with Crippen LogP contribution in [0.1, 0.15) is 23.6 Å². The molecule has 1 atom stereocenters. The van der Waals surface area contributed by atoms with E-state index >= 15 is 0 Å². The van der Waals surface area contributed by atoms with Crippen molar-refractivity contribution < 1.29 is 19.0 Å². The highest BCUT2D eigenvalue weighted by Gasteiger charge is 2.20. The topological polar surface area (TPSA) is 70.8 Å². The van der Waals surface area contributed by atoms with Crippen LogP contribution >= 0.6 is 11.6 Å². The van der Waals surface area contributed by atoms with Crippen LogP contribution in [0.15, 0.2) is 36.4 Å². The lowest BCUT2D eigenvalue weighted by atomic mass is 10.0. The highest BCUT2D eigenvalue weighted by atomic mass is 35.5. The maximum atomic E-state index is 12.3. The van der Waals surface area contributed by atoms with Gasteiger partial charge in [0.25, 0.3) is 0 Å². The molecule has 2 N–H and O–H groups in total. The van der Waals surface area contributed by atoms with Gasteiger partial charge in [-0.05, 0) is 36.2 Å². The first kappa shape index (κ1) is 17.6. The van der Waals surface area contributed by atoms with Crippen molar-refractivity contribution in [3.05, 3.63) is 58.1 Å². The monoisotopic (exact) mass is 361 g/mol. The van der Waals surface area contributed by atoms with Gasteiger partial charge in [0.05, 0.1) is 12.5 Å². The normalized spacial score (nSPS) is 14.3. The number of nitrogen functional groups attached to an aromatic ring is 1. The summed E-state index contributed by atoms with van der Waals surface area (Å²) >= 11 is 6.12. The van der Waals surface area contributed by atoms with Crippen molar-refractivity contribution in [3.8, 4) is 5.75 Å². The predicted octanol–water partition coefficient (Wildman–Crippen LogP) is 3.71. The van der Waals surface area contributed by atoms with Gasteiger partial charge in [-0.1, -0.05) is 30.7 Å². The summed E-state index contributed by atoms with van der Waals surface area (Å²) in [6, 6.07) is 11.0. The Morgan fingerprint density at radius 2 is 2.08 bits per heavy atom. The van der Waals surface area contributed by atoms with Crippen LogP contribution in [-0.2, 0) is 33.9 Å². The molecular formula is C19H20ClNO4. The number of esters is 1. The zero-order chi connectivity index (χ0) is 17.8. The number of fused-ring (bicyclic) bond motifs is 1. The Bertz CT molecular complexity index is 761. The molecule has 0 saturated heterocycles. The first-order chi connectivity index (χ1) is 12.0. The molecule has 132 valence electrons. The number of rotatable bonds is 5. The third-order valence-electron chi connectivity index (χ3n) is 4.05. The molecule has 3 rings (SSSR count). The van der Waals surface area contributed by atoms with Crippen LogP contribution in [0.3, 0.4) is 0 Å². The lowest BCUT2D eigenvalue weighted by Gasteiger charge is -2.21. The number of carbonyl (C=O) groups excluding carboxylic acids is 1. The van der Waals surface area contributed by atoms with Gasteiger partial charge < -0.3 is 19.9 Å². The molecule has 1 aliphatic rings. The minimum Gasteiger partial charge on any atom is -0.467 e. The molecule has 0 aliphatic carbocycles. The average molecular weight is 362 g/mol. The molecule has 1 heterocycles. The number of hydrogen-bond acceptors (Lipinski definition) is 5. The summed E-state index contributed by atoms with van der Waals surface area (Å²) in [5, 5.41) is 0.564. The van der Waals surface area contributed by atoms with E-state index in [2.05, 4.69) is 0 Å². The second kappa shape index (κ2) is 7.76. The van der Waals surface area contributed by atoms with E-state index in [-0.39, 0.29) is 25.3 Å². The van der Waals surface area contributed by atoms with Gasteiger partial charge in [0.15, 0.2) is 6.79 Å². The van der Waals surface area contributed by atoms with Gasteiger partial charge in [-0.15, -0.1) is 0 Å². The second-order valence-electron chi connectivity index (χ2n) is 6.12. The summed E-state index contributed by atoms with van der Waals surface area (Å²) in [6.45, 7) is 2.58. The van der Waals surface area contributed by atoms with Gasteiger partial charge >= 0.3 is 5.97 Å². The third kappa shape index (κ3) is 4.44. The van der Waals surface area contributed by atoms with E-state index in [9.17, 15) is 4.79 Å². The molecule has 0 spiro atoms. The van der Waals surface area contributed by atoms with Crippen molar-refractivity contribution in [1.82, 2.24) is 0 Å². The molecule has 6 heteroatoms. The Morgan fingerprint density at radius 1 is 1.32 bits per heavy atom. The van der Waals surface area contributed by atoms with Crippen molar-refractivity contribution in [1.29, 1.82) is 0 Å². The molecule has 25 heavy (non-hydrogen) atoms. The van der Waals surface area contributed by atoms with Gasteiger partial charge in [-0.2, -0.15) is 0 Å². The van der Waals surface area contributed by atoms with Crippen LogP contribution in [0.25, 0.3) is 0 Å². The third-order valence-corrected chi connectivity index (χ3v) is 4.26. The highest BCUT2D eigenvalue weighted by molar-refractivity contribution is 6.30. The van der Waals surface area contributed by atoms with Gasteiger partial charge in [-0.3, -0.25) is 4.79 Å². The number of carbonyl (C=O) groups is 1. The Balaban J connectivity index is 1.62. The van der Waals surface area contributed by atoms with Crippen LogP contribution in [-0.4, -0.2) is 12.8 Å². The summed E-state index contributed by atoms with van der Waals surface area (Å²) in [4.78, 5) is 12.3. The average Bonchev–Trinajstić information content (AvgIpc) is 2.61. The number of hydrogen-bond donors (Lipinski definition) is 1. The van der Waals surface area contributed by atoms with E-state index in [0.717, 1.165) is 16.7 Å². The summed E-state index contributed by atoms with van der Waals surface area (Å²) in [6.07, 6.45) is 0.594. The summed E-state index contributed by atoms with van der Waals surface area (Å²) in [7, 11) is 0. The van der Waals surface area contributed by atoms with E-state index in [0.29, 0.717) is 29.5 Å². The Kier molecular flexibility index (Phi) is 5.46. The Hall–Kier alpha value is -2.24. The molecule has 0 unspecified atom stereocenters. The van der Waals surface area contributed by atoms with Gasteiger partial charge in [0, 0.05) is 21.8 Å². The van der Waals surface area contributed by atoms with Crippen molar-refractivity contribution in [2.24, 2.45) is 5.92 Å². The molecule has 0 bridgehead atoms. The Labute approximate surface area is 151 Å². The fourth-order valence-corrected chi connectivity index (χ4v) is 3.01. The molecule has 0 radical (unpaired) electrons. The summed E-state index contributed by atoms with van der Waals surface area (Å²) in [5.74, 6) is 0.162. The van der Waals surface area contributed by atoms with Crippen LogP contribution in [0.2, 0.25) is 5.02 Å². The fourth-order valence-electron chi connectivity index (χ4n) is 2.75. The minimum atomic E-state index is -0.266. The van der Waals surface area contributed by atoms with Crippen LogP contribution < -0.4 is 10.5 Å². The van der Waals surface area contributed by atoms with Crippen LogP contribution in [0, 0.1) is 5.92 Å². The number of anilines is 1. The number of nitrogens with two attached hydrogens (primary N) is 1. The minimum absolute atomic E-state index is 0.119. The largest absolute Gasteiger partial charge is 0.467 e. The lowest BCUT2D eigenvalue weighted by molar-refractivity contribution is -0.149. The standard InChI is InChI=1S/C19H20ClNO4/c1-12(6-13-2-4-17(21)5-3-13)19(22)24-10-15-8-16(20)7-14-9-23-11-25-18(14)15/h2-5,7-8,12H,6,9-11,21H2,1H3/t12-/m0/s1. The van der Waals surface area contributed by atoms with E-state index in [1.54, 1.807) is 12.1 Å². The number of benzene rings is 2. The van der Waals surface area contributed by atoms with Gasteiger partial charge in [-0.25, -0.2) is 0 Å². The zero-order valence-corrected chi connectivity index (χ0v) is 14.7. The van der Waals surface area contributed by atoms with Crippen molar-refractivity contribution in [2.75, 3.05) is 12.5 Å². The van der Waals surface area contributed by atoms with E-state index in [4.69, 9.17) is 31.5 Å². The van der Waals surface area contributed by atoms with E-state index in [1.165, 1.54) is 0 Å². The van der Waals surface area contributed by atoms with Gasteiger partial charge in [0.1, 0.15) is 12.4 Å². The Morgan fingerprint density at radius 3 is 2.84 bits per heavy atom. The van der Waals surface area contributed by atoms with E-state index < -0.39 is 0 Å². The quantitative estimate of drug-likeness (QED) is 0.649. The van der Waals surface area contributed by atoms with Crippen LogP contribution in [0.5, 0.6) is 5.75 Å². The molecule has 2 aromatic carbocycles. The SMILES string of the molecule is C[C@@H](Cc1ccc(N)cc1)C(=O)OCc1cc(Cl)cc2c1OCOC2. The second-order valence-corrected chi connectivity index (χ2v) is 6.55. The number of halogens is 1. The molecule has 0 fully saturated rings. The van der Waals surface area contributed by atoms with Crippen molar-refractivity contribution >= 4 is 23.3 Å². The number of ether oxygens (including phenoxy) is 3. The lowest BCUT2D eigenvalue weighted by Crippen LogP contribution is -2.18. The molecule has 5 nitrogen and oxygen atoms in total. The predicted molar refractivity (Wildman–Crippen MR) is 95.3 cm³/mol. The maximum Gasteiger partial charge on any atom is 0.309 e. The van der Waals surface area contributed by atoms with Crippen molar-refractivity contribution in [2.45, 2.75) is 26.6 Å². The molecule has 2 aromatic rings. The summed E-state index contributed by atoms with van der Waals surface area (Å²) in [5.41, 5.74) is 9.03. The van der Waals surface area contributed by atoms with Crippen LogP contribution in [0.4, 0.5) is 5.69 Å². The molecule has 0 aromatic heterocycles. The van der Waals surface area contributed by atoms with Gasteiger partial charge in [0.2, 0.25) is 0 Å². The molecule has 0 saturated carbocycles. The zero-order valence-electron chi connectivity index (χ0n) is 14.0. The first-order valence-corrected chi connectivity index (χ1v) is 8.43. The maximum absolute atomic E-state index is 12.3.